The Labute approximate surface area is 55.3 Å². The van der Waals surface area contributed by atoms with Crippen LogP contribution in [-0.4, -0.2) is 12.3 Å². The number of pyridine rings is 1. The zero-order valence-corrected chi connectivity index (χ0v) is 5.46. The van der Waals surface area contributed by atoms with Crippen LogP contribution in [0.1, 0.15) is 0 Å². The Morgan fingerprint density at radius 3 is 2.78 bits per heavy atom. The minimum Gasteiger partial charge on any atom is -0.397 e. The molecule has 3 heteroatoms. The van der Waals surface area contributed by atoms with Crippen molar-refractivity contribution in [1.29, 1.82) is 0 Å². The molecule has 0 aliphatic heterocycles. The van der Waals surface area contributed by atoms with Crippen LogP contribution in [-0.2, 0) is 0 Å². The van der Waals surface area contributed by atoms with Crippen LogP contribution in [0.5, 0.6) is 0 Å². The third-order valence-electron chi connectivity index (χ3n) is 1.22. The lowest BCUT2D eigenvalue weighted by Crippen LogP contribution is -2.11. The van der Waals surface area contributed by atoms with Gasteiger partial charge in [-0.05, 0) is 6.07 Å². The number of rotatable bonds is 1. The second kappa shape index (κ2) is 2.53. The lowest BCUT2D eigenvalue weighted by molar-refractivity contribution is 1.35. The first-order valence-corrected chi connectivity index (χ1v) is 3.02. The molecule has 0 aliphatic rings. The summed E-state index contributed by atoms with van der Waals surface area (Å²) in [6, 6.07) is 1.94. The Hall–Kier alpha value is -0.985. The van der Waals surface area contributed by atoms with Gasteiger partial charge in [-0.2, -0.15) is 0 Å². The molecule has 46 valence electrons. The van der Waals surface area contributed by atoms with E-state index >= 15 is 0 Å². The Kier molecular flexibility index (Phi) is 1.73. The molecule has 1 rings (SSSR count). The maximum atomic E-state index is 5.47. The largest absolute Gasteiger partial charge is 0.397 e. The number of nitrogen functional groups attached to an aromatic ring is 1. The number of nitrogens with two attached hydrogens (primary N) is 1. The molecule has 2 N–H and O–H groups in total. The van der Waals surface area contributed by atoms with E-state index in [4.69, 9.17) is 5.73 Å². The molecule has 0 saturated carbocycles. The molecule has 9 heavy (non-hydrogen) atoms. The van der Waals surface area contributed by atoms with Crippen LogP contribution >= 0.6 is 0 Å². The maximum absolute atomic E-state index is 5.47. The number of aromatic nitrogens is 1. The highest BCUT2D eigenvalue weighted by atomic mass is 14.7. The number of hydrogen-bond acceptors (Lipinski definition) is 2. The molecule has 0 unspecified atom stereocenters. The zero-order chi connectivity index (χ0) is 6.69. The molecule has 0 saturated heterocycles. The fraction of sp³-hybridized carbons (Fsp3) is 0.167. The molecule has 1 aromatic heterocycles. The van der Waals surface area contributed by atoms with Crippen molar-refractivity contribution >= 4 is 18.4 Å². The normalized spacial score (nSPS) is 9.00. The van der Waals surface area contributed by atoms with Crippen molar-refractivity contribution in [3.63, 3.8) is 0 Å². The second-order valence-electron chi connectivity index (χ2n) is 1.98. The molecule has 0 bridgehead atoms. The van der Waals surface area contributed by atoms with Crippen molar-refractivity contribution in [2.75, 3.05) is 5.73 Å². The summed E-state index contributed by atoms with van der Waals surface area (Å²) in [4.78, 5) is 3.93. The topological polar surface area (TPSA) is 38.9 Å². The molecule has 0 radical (unpaired) electrons. The van der Waals surface area contributed by atoms with Crippen molar-refractivity contribution < 1.29 is 0 Å². The molecule has 0 aromatic carbocycles. The quantitative estimate of drug-likeness (QED) is 0.520. The average molecular weight is 120 g/mol. The van der Waals surface area contributed by atoms with Gasteiger partial charge in [0.25, 0.3) is 0 Å². The molecule has 1 heterocycles. The van der Waals surface area contributed by atoms with E-state index in [0.717, 1.165) is 13.0 Å². The SMILES string of the molecule is CBc1cncc(N)c1. The summed E-state index contributed by atoms with van der Waals surface area (Å²) in [5.41, 5.74) is 7.41. The first-order chi connectivity index (χ1) is 4.33. The zero-order valence-electron chi connectivity index (χ0n) is 5.46. The number of nitrogens with zero attached hydrogens (tertiary/aromatic N) is 1. The Morgan fingerprint density at radius 1 is 1.56 bits per heavy atom. The summed E-state index contributed by atoms with van der Waals surface area (Å²) < 4.78 is 0. The third kappa shape index (κ3) is 1.45. The molecule has 0 aliphatic carbocycles. The van der Waals surface area contributed by atoms with Crippen LogP contribution in [0.4, 0.5) is 5.69 Å². The van der Waals surface area contributed by atoms with Crippen LogP contribution in [0.3, 0.4) is 0 Å². The van der Waals surface area contributed by atoms with E-state index in [9.17, 15) is 0 Å². The highest BCUT2D eigenvalue weighted by Gasteiger charge is 1.89. The van der Waals surface area contributed by atoms with Gasteiger partial charge in [-0.15, -0.1) is 0 Å². The summed E-state index contributed by atoms with van der Waals surface area (Å²) in [7, 11) is 0.998. The van der Waals surface area contributed by atoms with Crippen molar-refractivity contribution in [2.45, 2.75) is 6.82 Å². The van der Waals surface area contributed by atoms with E-state index < -0.39 is 0 Å². The van der Waals surface area contributed by atoms with Gasteiger partial charge in [-0.1, -0.05) is 12.3 Å². The lowest BCUT2D eigenvalue weighted by atomic mass is 9.74. The monoisotopic (exact) mass is 120 g/mol. The molecular formula is C6H9BN2. The van der Waals surface area contributed by atoms with Crippen LogP contribution < -0.4 is 11.2 Å². The van der Waals surface area contributed by atoms with Crippen LogP contribution in [0.2, 0.25) is 6.82 Å². The predicted octanol–water partition coefficient (Wildman–Crippen LogP) is -0.226. The molecule has 0 atom stereocenters. The van der Waals surface area contributed by atoms with E-state index in [1.54, 1.807) is 6.20 Å². The minimum absolute atomic E-state index is 0.745. The maximum Gasteiger partial charge on any atom is 0.156 e. The van der Waals surface area contributed by atoms with E-state index in [0.29, 0.717) is 0 Å². The first kappa shape index (κ1) is 6.14. The number of anilines is 1. The molecular weight excluding hydrogens is 111 g/mol. The predicted molar refractivity (Wildman–Crippen MR) is 41.3 cm³/mol. The van der Waals surface area contributed by atoms with Gasteiger partial charge in [-0.3, -0.25) is 4.98 Å². The van der Waals surface area contributed by atoms with Crippen molar-refractivity contribution in [1.82, 2.24) is 4.98 Å². The van der Waals surface area contributed by atoms with Crippen LogP contribution in [0.25, 0.3) is 0 Å². The Bertz CT molecular complexity index is 200. The molecule has 2 nitrogen and oxygen atoms in total. The summed E-state index contributed by atoms with van der Waals surface area (Å²) in [5, 5.41) is 0. The van der Waals surface area contributed by atoms with E-state index in [2.05, 4.69) is 11.8 Å². The van der Waals surface area contributed by atoms with Crippen molar-refractivity contribution in [2.24, 2.45) is 0 Å². The molecule has 0 spiro atoms. The molecule has 0 amide bonds. The molecule has 0 fully saturated rings. The van der Waals surface area contributed by atoms with Gasteiger partial charge >= 0.3 is 0 Å². The minimum atomic E-state index is 0.745. The van der Waals surface area contributed by atoms with Crippen molar-refractivity contribution in [3.8, 4) is 0 Å². The number of hydrogen-bond donors (Lipinski definition) is 1. The van der Waals surface area contributed by atoms with Crippen LogP contribution in [0.15, 0.2) is 18.5 Å². The summed E-state index contributed by atoms with van der Waals surface area (Å²) in [6.45, 7) is 2.08. The summed E-state index contributed by atoms with van der Waals surface area (Å²) >= 11 is 0. The third-order valence-corrected chi connectivity index (χ3v) is 1.22. The molecule has 1 aromatic rings. The van der Waals surface area contributed by atoms with Gasteiger partial charge in [0.15, 0.2) is 7.28 Å². The van der Waals surface area contributed by atoms with Gasteiger partial charge < -0.3 is 5.73 Å². The lowest BCUT2D eigenvalue weighted by Gasteiger charge is -1.93. The van der Waals surface area contributed by atoms with Crippen molar-refractivity contribution in [3.05, 3.63) is 18.5 Å². The van der Waals surface area contributed by atoms with Crippen LogP contribution in [0, 0.1) is 0 Å². The van der Waals surface area contributed by atoms with E-state index in [-0.39, 0.29) is 0 Å². The highest BCUT2D eigenvalue weighted by molar-refractivity contribution is 6.51. The summed E-state index contributed by atoms with van der Waals surface area (Å²) in [6.07, 6.45) is 3.48. The highest BCUT2D eigenvalue weighted by Crippen LogP contribution is 1.91. The summed E-state index contributed by atoms with van der Waals surface area (Å²) in [5.74, 6) is 0. The fourth-order valence-corrected chi connectivity index (χ4v) is 0.701. The van der Waals surface area contributed by atoms with Gasteiger partial charge in [0.1, 0.15) is 0 Å². The van der Waals surface area contributed by atoms with Gasteiger partial charge in [-0.25, -0.2) is 0 Å². The first-order valence-electron chi connectivity index (χ1n) is 3.02. The van der Waals surface area contributed by atoms with Gasteiger partial charge in [0.2, 0.25) is 0 Å². The van der Waals surface area contributed by atoms with Gasteiger partial charge in [0.05, 0.1) is 0 Å². The standard InChI is InChI=1S/C6H9BN2/c1-7-5-2-6(8)4-9-3-5/h2-4,7H,8H2,1H3. The van der Waals surface area contributed by atoms with Gasteiger partial charge in [0, 0.05) is 18.1 Å². The second-order valence-corrected chi connectivity index (χ2v) is 1.98. The smallest absolute Gasteiger partial charge is 0.156 e. The Morgan fingerprint density at radius 2 is 2.33 bits per heavy atom. The fourth-order valence-electron chi connectivity index (χ4n) is 0.701. The Balaban J connectivity index is 2.94. The van der Waals surface area contributed by atoms with E-state index in [1.807, 2.05) is 12.3 Å². The average Bonchev–Trinajstić information content (AvgIpc) is 1.88. The van der Waals surface area contributed by atoms with E-state index in [1.165, 1.54) is 5.46 Å².